The number of carbonyl (C=O) groups excluding carboxylic acids is 1. The molecule has 3 heteroatoms. The SMILES string of the molecule is CCCCCCCCN/C(C)=C\C(=O)OC. The molecule has 0 aromatic rings. The maximum absolute atomic E-state index is 10.9. The van der Waals surface area contributed by atoms with Gasteiger partial charge in [-0.1, -0.05) is 39.0 Å². The van der Waals surface area contributed by atoms with Crippen molar-refractivity contribution < 1.29 is 9.53 Å². The summed E-state index contributed by atoms with van der Waals surface area (Å²) in [5.74, 6) is -0.298. The first-order chi connectivity index (χ1) is 7.70. The first-order valence-corrected chi connectivity index (χ1v) is 6.20. The van der Waals surface area contributed by atoms with E-state index in [1.165, 1.54) is 45.3 Å². The fraction of sp³-hybridized carbons (Fsp3) is 0.769. The number of hydrogen-bond donors (Lipinski definition) is 1. The summed E-state index contributed by atoms with van der Waals surface area (Å²) in [6.45, 7) is 5.04. The summed E-state index contributed by atoms with van der Waals surface area (Å²) < 4.78 is 4.54. The molecule has 0 aliphatic rings. The predicted molar refractivity (Wildman–Crippen MR) is 67.2 cm³/mol. The van der Waals surface area contributed by atoms with Gasteiger partial charge in [0.05, 0.1) is 7.11 Å². The van der Waals surface area contributed by atoms with E-state index in [1.54, 1.807) is 0 Å². The largest absolute Gasteiger partial charge is 0.466 e. The zero-order valence-corrected chi connectivity index (χ0v) is 10.8. The summed E-state index contributed by atoms with van der Waals surface area (Å²) in [5, 5.41) is 3.20. The quantitative estimate of drug-likeness (QED) is 0.374. The van der Waals surface area contributed by atoms with E-state index in [2.05, 4.69) is 17.0 Å². The number of rotatable bonds is 9. The van der Waals surface area contributed by atoms with Crippen molar-refractivity contribution in [1.82, 2.24) is 5.32 Å². The fourth-order valence-corrected chi connectivity index (χ4v) is 1.48. The highest BCUT2D eigenvalue weighted by Crippen LogP contribution is 2.04. The van der Waals surface area contributed by atoms with E-state index in [9.17, 15) is 4.79 Å². The van der Waals surface area contributed by atoms with E-state index in [0.29, 0.717) is 0 Å². The first-order valence-electron chi connectivity index (χ1n) is 6.20. The molecular formula is C13H25NO2. The van der Waals surface area contributed by atoms with Crippen LogP contribution in [0.3, 0.4) is 0 Å². The van der Waals surface area contributed by atoms with Crippen LogP contribution < -0.4 is 5.32 Å². The molecule has 0 saturated heterocycles. The van der Waals surface area contributed by atoms with E-state index in [4.69, 9.17) is 0 Å². The highest BCUT2D eigenvalue weighted by atomic mass is 16.5. The van der Waals surface area contributed by atoms with Crippen LogP contribution in [0.4, 0.5) is 0 Å². The molecule has 0 radical (unpaired) electrons. The van der Waals surface area contributed by atoms with Crippen molar-refractivity contribution in [1.29, 1.82) is 0 Å². The lowest BCUT2D eigenvalue weighted by Crippen LogP contribution is -2.14. The van der Waals surface area contributed by atoms with Crippen molar-refractivity contribution in [3.8, 4) is 0 Å². The maximum Gasteiger partial charge on any atom is 0.332 e. The molecule has 1 N–H and O–H groups in total. The van der Waals surface area contributed by atoms with Gasteiger partial charge in [0.1, 0.15) is 0 Å². The van der Waals surface area contributed by atoms with E-state index in [1.807, 2.05) is 6.92 Å². The van der Waals surface area contributed by atoms with Crippen LogP contribution in [-0.2, 0) is 9.53 Å². The summed E-state index contributed by atoms with van der Waals surface area (Å²) in [4.78, 5) is 10.9. The minimum atomic E-state index is -0.298. The van der Waals surface area contributed by atoms with Crippen LogP contribution in [0.1, 0.15) is 52.4 Å². The van der Waals surface area contributed by atoms with Crippen LogP contribution in [0, 0.1) is 0 Å². The van der Waals surface area contributed by atoms with Gasteiger partial charge in [0.25, 0.3) is 0 Å². The van der Waals surface area contributed by atoms with Crippen LogP contribution in [0.25, 0.3) is 0 Å². The summed E-state index contributed by atoms with van der Waals surface area (Å²) in [6, 6.07) is 0. The van der Waals surface area contributed by atoms with Gasteiger partial charge in [0.2, 0.25) is 0 Å². The number of esters is 1. The standard InChI is InChI=1S/C13H25NO2/c1-4-5-6-7-8-9-10-14-12(2)11-13(15)16-3/h11,14H,4-10H2,1-3H3/b12-11-. The van der Waals surface area contributed by atoms with Crippen LogP contribution in [0.5, 0.6) is 0 Å². The number of hydrogen-bond acceptors (Lipinski definition) is 3. The second-order valence-electron chi connectivity index (χ2n) is 4.05. The Morgan fingerprint density at radius 2 is 1.81 bits per heavy atom. The Balaban J connectivity index is 3.37. The van der Waals surface area contributed by atoms with Crippen LogP contribution in [0.2, 0.25) is 0 Å². The van der Waals surface area contributed by atoms with Gasteiger partial charge in [0.15, 0.2) is 0 Å². The molecule has 0 aliphatic carbocycles. The number of nitrogens with one attached hydrogen (secondary N) is 1. The topological polar surface area (TPSA) is 38.3 Å². The predicted octanol–water partition coefficient (Wildman–Crippen LogP) is 3.01. The van der Waals surface area contributed by atoms with Gasteiger partial charge in [-0.25, -0.2) is 4.79 Å². The molecule has 3 nitrogen and oxygen atoms in total. The average Bonchev–Trinajstić information content (AvgIpc) is 2.27. The minimum Gasteiger partial charge on any atom is -0.466 e. The minimum absolute atomic E-state index is 0.298. The van der Waals surface area contributed by atoms with Crippen LogP contribution in [-0.4, -0.2) is 19.6 Å². The zero-order valence-electron chi connectivity index (χ0n) is 10.8. The summed E-state index contributed by atoms with van der Waals surface area (Å²) >= 11 is 0. The lowest BCUT2D eigenvalue weighted by Gasteiger charge is -2.05. The molecule has 0 aromatic heterocycles. The maximum atomic E-state index is 10.9. The van der Waals surface area contributed by atoms with Crippen molar-refractivity contribution in [2.45, 2.75) is 52.4 Å². The van der Waals surface area contributed by atoms with Gasteiger partial charge in [-0.3, -0.25) is 0 Å². The smallest absolute Gasteiger partial charge is 0.332 e. The number of methoxy groups -OCH3 is 1. The van der Waals surface area contributed by atoms with Crippen molar-refractivity contribution in [3.63, 3.8) is 0 Å². The third-order valence-corrected chi connectivity index (χ3v) is 2.47. The third-order valence-electron chi connectivity index (χ3n) is 2.47. The second-order valence-corrected chi connectivity index (χ2v) is 4.05. The summed E-state index contributed by atoms with van der Waals surface area (Å²) in [6.07, 6.45) is 9.20. The Hall–Kier alpha value is -0.990. The first kappa shape index (κ1) is 15.0. The molecule has 0 atom stereocenters. The van der Waals surface area contributed by atoms with Crippen molar-refractivity contribution in [2.75, 3.05) is 13.7 Å². The van der Waals surface area contributed by atoms with Gasteiger partial charge in [-0.2, -0.15) is 0 Å². The molecule has 0 rings (SSSR count). The van der Waals surface area contributed by atoms with Gasteiger partial charge in [-0.15, -0.1) is 0 Å². The molecule has 0 bridgehead atoms. The second kappa shape index (κ2) is 10.5. The third kappa shape index (κ3) is 9.56. The van der Waals surface area contributed by atoms with Gasteiger partial charge in [0, 0.05) is 18.3 Å². The van der Waals surface area contributed by atoms with Crippen LogP contribution in [0.15, 0.2) is 11.8 Å². The Kier molecular flexibility index (Phi) is 9.87. The molecule has 0 aromatic carbocycles. The lowest BCUT2D eigenvalue weighted by atomic mass is 10.1. The molecule has 0 amide bonds. The Morgan fingerprint density at radius 1 is 1.19 bits per heavy atom. The molecule has 0 heterocycles. The Labute approximate surface area is 99.3 Å². The molecule has 0 fully saturated rings. The molecule has 0 saturated carbocycles. The van der Waals surface area contributed by atoms with E-state index >= 15 is 0 Å². The molecular weight excluding hydrogens is 202 g/mol. The lowest BCUT2D eigenvalue weighted by molar-refractivity contribution is -0.134. The van der Waals surface area contributed by atoms with E-state index in [-0.39, 0.29) is 5.97 Å². The number of unbranched alkanes of at least 4 members (excludes halogenated alkanes) is 5. The number of carbonyl (C=O) groups is 1. The summed E-state index contributed by atoms with van der Waals surface area (Å²) in [7, 11) is 1.39. The fourth-order valence-electron chi connectivity index (χ4n) is 1.48. The van der Waals surface area contributed by atoms with Gasteiger partial charge in [-0.05, 0) is 13.3 Å². The zero-order chi connectivity index (χ0) is 12.2. The monoisotopic (exact) mass is 227 g/mol. The van der Waals surface area contributed by atoms with Crippen molar-refractivity contribution in [2.24, 2.45) is 0 Å². The van der Waals surface area contributed by atoms with E-state index in [0.717, 1.165) is 18.7 Å². The molecule has 0 spiro atoms. The van der Waals surface area contributed by atoms with Crippen molar-refractivity contribution >= 4 is 5.97 Å². The summed E-state index contributed by atoms with van der Waals surface area (Å²) in [5.41, 5.74) is 0.875. The van der Waals surface area contributed by atoms with Gasteiger partial charge >= 0.3 is 5.97 Å². The molecule has 0 unspecified atom stereocenters. The van der Waals surface area contributed by atoms with Crippen molar-refractivity contribution in [3.05, 3.63) is 11.8 Å². The average molecular weight is 227 g/mol. The molecule has 0 aliphatic heterocycles. The molecule has 16 heavy (non-hydrogen) atoms. The number of allylic oxidation sites excluding steroid dienone is 1. The van der Waals surface area contributed by atoms with E-state index < -0.39 is 0 Å². The highest BCUT2D eigenvalue weighted by Gasteiger charge is 1.95. The van der Waals surface area contributed by atoms with Crippen LogP contribution >= 0.6 is 0 Å². The Bertz CT molecular complexity index is 212. The van der Waals surface area contributed by atoms with Gasteiger partial charge < -0.3 is 10.1 Å². The molecule has 94 valence electrons. The number of ether oxygens (including phenoxy) is 1. The highest BCUT2D eigenvalue weighted by molar-refractivity contribution is 5.82. The normalized spacial score (nSPS) is 11.3. The Morgan fingerprint density at radius 3 is 2.44 bits per heavy atom.